The molecule has 164 valence electrons. The van der Waals surface area contributed by atoms with E-state index in [2.05, 4.69) is 26.0 Å². The second kappa shape index (κ2) is 9.76. The van der Waals surface area contributed by atoms with Crippen LogP contribution in [-0.2, 0) is 26.1 Å². The molecule has 1 heterocycles. The van der Waals surface area contributed by atoms with Crippen LogP contribution in [-0.4, -0.2) is 38.0 Å². The molecule has 8 nitrogen and oxygen atoms in total. The predicted molar refractivity (Wildman–Crippen MR) is 118 cm³/mol. The highest BCUT2D eigenvalue weighted by atomic mass is 79.9. The van der Waals surface area contributed by atoms with Crippen LogP contribution in [0.15, 0.2) is 27.6 Å². The fourth-order valence-electron chi connectivity index (χ4n) is 3.26. The molecule has 0 aliphatic heterocycles. The van der Waals surface area contributed by atoms with E-state index in [-0.39, 0.29) is 17.1 Å². The van der Waals surface area contributed by atoms with Gasteiger partial charge in [-0.1, -0.05) is 15.9 Å². The zero-order valence-corrected chi connectivity index (χ0v) is 20.0. The first-order valence-electron chi connectivity index (χ1n) is 9.45. The summed E-state index contributed by atoms with van der Waals surface area (Å²) >= 11 is 3.38. The smallest absolute Gasteiger partial charge is 0.341 e. The van der Waals surface area contributed by atoms with Crippen LogP contribution in [0.4, 0.5) is 5.69 Å². The third-order valence-corrected chi connectivity index (χ3v) is 7.11. The summed E-state index contributed by atoms with van der Waals surface area (Å²) in [7, 11) is -4.14. The van der Waals surface area contributed by atoms with Crippen molar-refractivity contribution in [2.45, 2.75) is 46.1 Å². The molecule has 0 saturated carbocycles. The largest absolute Gasteiger partial charge is 0.462 e. The predicted octanol–water partition coefficient (Wildman–Crippen LogP) is 3.29. The van der Waals surface area contributed by atoms with Gasteiger partial charge in [0.15, 0.2) is 0 Å². The molecule has 0 saturated heterocycles. The highest BCUT2D eigenvalue weighted by Crippen LogP contribution is 2.28. The molecule has 1 aromatic heterocycles. The molecule has 1 amide bonds. The van der Waals surface area contributed by atoms with Gasteiger partial charge >= 0.3 is 5.97 Å². The van der Waals surface area contributed by atoms with Crippen molar-refractivity contribution in [2.75, 3.05) is 18.5 Å². The lowest BCUT2D eigenvalue weighted by atomic mass is 10.2. The second-order valence-corrected chi connectivity index (χ2v) is 9.23. The molecule has 30 heavy (non-hydrogen) atoms. The Balaban J connectivity index is 2.27. The molecular weight excluding hydrogens is 474 g/mol. The van der Waals surface area contributed by atoms with Crippen molar-refractivity contribution in [3.8, 4) is 0 Å². The van der Waals surface area contributed by atoms with E-state index in [1.54, 1.807) is 43.5 Å². The van der Waals surface area contributed by atoms with E-state index in [9.17, 15) is 18.0 Å². The number of nitrogens with zero attached hydrogens (tertiary/aromatic N) is 1. The average molecular weight is 500 g/mol. The third-order valence-electron chi connectivity index (χ3n) is 4.66. The molecule has 0 spiro atoms. The Morgan fingerprint density at radius 1 is 1.13 bits per heavy atom. The van der Waals surface area contributed by atoms with Crippen molar-refractivity contribution in [1.82, 2.24) is 9.29 Å². The molecule has 10 heteroatoms. The Morgan fingerprint density at radius 2 is 1.80 bits per heavy atom. The summed E-state index contributed by atoms with van der Waals surface area (Å²) in [4.78, 5) is 24.6. The van der Waals surface area contributed by atoms with E-state index in [4.69, 9.17) is 4.74 Å². The van der Waals surface area contributed by atoms with Crippen LogP contribution in [0.2, 0.25) is 0 Å². The number of hydrogen-bond donors (Lipinski definition) is 2. The van der Waals surface area contributed by atoms with Gasteiger partial charge in [-0.2, -0.15) is 0 Å². The van der Waals surface area contributed by atoms with Gasteiger partial charge in [0.2, 0.25) is 15.9 Å². The number of hydrogen-bond acceptors (Lipinski definition) is 5. The normalized spacial score (nSPS) is 11.4. The number of ether oxygens (including phenoxy) is 1. The fourth-order valence-corrected chi connectivity index (χ4v) is 4.97. The fraction of sp³-hybridized carbons (Fsp3) is 0.400. The zero-order chi connectivity index (χ0) is 22.6. The Bertz CT molecular complexity index is 1080. The maximum Gasteiger partial charge on any atom is 0.341 e. The van der Waals surface area contributed by atoms with Crippen molar-refractivity contribution in [2.24, 2.45) is 0 Å². The van der Waals surface area contributed by atoms with Crippen LogP contribution >= 0.6 is 15.9 Å². The molecule has 0 radical (unpaired) electrons. The van der Waals surface area contributed by atoms with Crippen LogP contribution in [0.3, 0.4) is 0 Å². The van der Waals surface area contributed by atoms with Crippen molar-refractivity contribution < 1.29 is 22.7 Å². The van der Waals surface area contributed by atoms with E-state index in [0.29, 0.717) is 23.6 Å². The first kappa shape index (κ1) is 24.1. The number of anilines is 1. The van der Waals surface area contributed by atoms with Gasteiger partial charge in [-0.15, -0.1) is 0 Å². The summed E-state index contributed by atoms with van der Waals surface area (Å²) in [6.45, 7) is 8.81. The first-order valence-corrected chi connectivity index (χ1v) is 11.7. The van der Waals surface area contributed by atoms with E-state index >= 15 is 0 Å². The number of rotatable bonds is 8. The lowest BCUT2D eigenvalue weighted by Crippen LogP contribution is -2.34. The number of sulfonamides is 1. The highest BCUT2D eigenvalue weighted by Gasteiger charge is 2.32. The highest BCUT2D eigenvalue weighted by molar-refractivity contribution is 9.10. The van der Waals surface area contributed by atoms with E-state index in [1.165, 1.54) is 0 Å². The zero-order valence-electron chi connectivity index (χ0n) is 17.6. The SMILES string of the molecule is CCOC(=O)c1c(S(=O)(=O)NCC(=O)Nc2ccc(Br)c(C)c2)c(C)n(CC)c1C. The molecule has 1 aromatic carbocycles. The monoisotopic (exact) mass is 499 g/mol. The number of aryl methyl sites for hydroxylation is 1. The molecule has 0 aliphatic rings. The number of amides is 1. The van der Waals surface area contributed by atoms with Gasteiger partial charge in [-0.05, 0) is 58.4 Å². The number of halogens is 1. The van der Waals surface area contributed by atoms with Crippen LogP contribution in [0.25, 0.3) is 0 Å². The molecule has 0 fully saturated rings. The maximum atomic E-state index is 13.0. The standard InChI is InChI=1S/C20H26BrN3O5S/c1-6-24-13(4)18(20(26)29-7-2)19(14(24)5)30(27,28)22-11-17(25)23-15-8-9-16(21)12(3)10-15/h8-10,22H,6-7,11H2,1-5H3,(H,23,25). The van der Waals surface area contributed by atoms with Gasteiger partial charge < -0.3 is 14.6 Å². The second-order valence-electron chi connectivity index (χ2n) is 6.68. The van der Waals surface area contributed by atoms with Crippen molar-refractivity contribution >= 4 is 43.5 Å². The maximum absolute atomic E-state index is 13.0. The quantitative estimate of drug-likeness (QED) is 0.541. The van der Waals surface area contributed by atoms with Gasteiger partial charge in [0.05, 0.1) is 13.2 Å². The minimum Gasteiger partial charge on any atom is -0.462 e. The summed E-state index contributed by atoms with van der Waals surface area (Å²) < 4.78 is 36.0. The molecule has 2 N–H and O–H groups in total. The lowest BCUT2D eigenvalue weighted by molar-refractivity contribution is -0.115. The number of benzene rings is 1. The van der Waals surface area contributed by atoms with Crippen LogP contribution in [0.5, 0.6) is 0 Å². The number of carbonyl (C=O) groups excluding carboxylic acids is 2. The van der Waals surface area contributed by atoms with Gasteiger partial charge in [-0.3, -0.25) is 4.79 Å². The Morgan fingerprint density at radius 3 is 2.37 bits per heavy atom. The number of carbonyl (C=O) groups is 2. The lowest BCUT2D eigenvalue weighted by Gasteiger charge is -2.10. The summed E-state index contributed by atoms with van der Waals surface area (Å²) in [6, 6.07) is 5.27. The van der Waals surface area contributed by atoms with Gasteiger partial charge in [-0.25, -0.2) is 17.9 Å². The molecule has 0 atom stereocenters. The van der Waals surface area contributed by atoms with Gasteiger partial charge in [0, 0.05) is 28.1 Å². The average Bonchev–Trinajstić information content (AvgIpc) is 2.94. The van der Waals surface area contributed by atoms with E-state index < -0.39 is 28.4 Å². The molecule has 0 aliphatic carbocycles. The summed E-state index contributed by atoms with van der Waals surface area (Å²) in [6.07, 6.45) is 0. The van der Waals surface area contributed by atoms with E-state index in [0.717, 1.165) is 10.0 Å². The Hall–Kier alpha value is -2.17. The van der Waals surface area contributed by atoms with Crippen LogP contribution in [0.1, 0.15) is 41.2 Å². The van der Waals surface area contributed by atoms with Crippen molar-refractivity contribution in [3.05, 3.63) is 45.2 Å². The van der Waals surface area contributed by atoms with Gasteiger partial charge in [0.25, 0.3) is 0 Å². The number of aromatic nitrogens is 1. The van der Waals surface area contributed by atoms with Crippen LogP contribution < -0.4 is 10.0 Å². The van der Waals surface area contributed by atoms with Crippen molar-refractivity contribution in [1.29, 1.82) is 0 Å². The molecule has 0 unspecified atom stereocenters. The number of nitrogens with one attached hydrogen (secondary N) is 2. The van der Waals surface area contributed by atoms with Crippen molar-refractivity contribution in [3.63, 3.8) is 0 Å². The topological polar surface area (TPSA) is 106 Å². The minimum absolute atomic E-state index is 0.00681. The minimum atomic E-state index is -4.14. The van der Waals surface area contributed by atoms with Crippen LogP contribution in [0, 0.1) is 20.8 Å². The molecular formula is C20H26BrN3O5S. The Kier molecular flexibility index (Phi) is 7.84. The van der Waals surface area contributed by atoms with Gasteiger partial charge in [0.1, 0.15) is 10.5 Å². The molecule has 0 bridgehead atoms. The third kappa shape index (κ3) is 5.11. The number of esters is 1. The summed E-state index contributed by atoms with van der Waals surface area (Å²) in [5.74, 6) is -1.23. The Labute approximate surface area is 185 Å². The first-order chi connectivity index (χ1) is 14.0. The molecule has 2 aromatic rings. The summed E-state index contributed by atoms with van der Waals surface area (Å²) in [5.41, 5.74) is 2.39. The summed E-state index contributed by atoms with van der Waals surface area (Å²) in [5, 5.41) is 2.65. The molecule has 2 rings (SSSR count). The van der Waals surface area contributed by atoms with E-state index in [1.807, 2.05) is 13.8 Å².